The van der Waals surface area contributed by atoms with E-state index in [2.05, 4.69) is 5.32 Å². The summed E-state index contributed by atoms with van der Waals surface area (Å²) >= 11 is 0. The number of urea groups is 1. The van der Waals surface area contributed by atoms with Crippen molar-refractivity contribution in [2.24, 2.45) is 0 Å². The average Bonchev–Trinajstić information content (AvgIpc) is 2.65. The summed E-state index contributed by atoms with van der Waals surface area (Å²) in [5.74, 6) is 0. The number of rotatable bonds is 0. The van der Waals surface area contributed by atoms with Crippen LogP contribution in [-0.2, 0) is 4.74 Å². The van der Waals surface area contributed by atoms with Crippen LogP contribution in [0.15, 0.2) is 0 Å². The first-order valence-corrected chi connectivity index (χ1v) is 5.44. The van der Waals surface area contributed by atoms with Gasteiger partial charge in [0, 0.05) is 27.2 Å². The summed E-state index contributed by atoms with van der Waals surface area (Å²) < 4.78 is 5.81. The number of nitrogens with one attached hydrogen (secondary N) is 1. The van der Waals surface area contributed by atoms with Crippen LogP contribution in [0.2, 0.25) is 0 Å². The van der Waals surface area contributed by atoms with Gasteiger partial charge >= 0.3 is 6.03 Å². The fraction of sp³-hybridized carbons (Fsp3) is 0.900. The van der Waals surface area contributed by atoms with Gasteiger partial charge in [-0.15, -0.1) is 0 Å². The molecule has 1 unspecified atom stereocenters. The number of nitrogens with zero attached hydrogens (tertiary/aromatic N) is 2. The largest absolute Gasteiger partial charge is 0.370 e. The van der Waals surface area contributed by atoms with Crippen molar-refractivity contribution in [2.45, 2.75) is 12.0 Å². The van der Waals surface area contributed by atoms with E-state index in [-0.39, 0.29) is 11.6 Å². The highest BCUT2D eigenvalue weighted by atomic mass is 16.5. The zero-order valence-electron chi connectivity index (χ0n) is 9.45. The third kappa shape index (κ3) is 2.08. The van der Waals surface area contributed by atoms with Crippen LogP contribution < -0.4 is 5.32 Å². The Bertz CT molecular complexity index is 249. The Morgan fingerprint density at radius 3 is 2.93 bits per heavy atom. The van der Waals surface area contributed by atoms with Gasteiger partial charge in [0.1, 0.15) is 0 Å². The van der Waals surface area contributed by atoms with Gasteiger partial charge in [-0.05, 0) is 13.0 Å². The molecule has 0 radical (unpaired) electrons. The Kier molecular flexibility index (Phi) is 2.84. The molecule has 1 atom stereocenters. The number of morpholine rings is 1. The van der Waals surface area contributed by atoms with Gasteiger partial charge < -0.3 is 19.9 Å². The minimum atomic E-state index is -0.121. The van der Waals surface area contributed by atoms with E-state index in [1.54, 1.807) is 19.0 Å². The van der Waals surface area contributed by atoms with Crippen molar-refractivity contribution in [1.82, 2.24) is 15.1 Å². The van der Waals surface area contributed by atoms with Crippen molar-refractivity contribution in [3.8, 4) is 0 Å². The molecule has 1 N–H and O–H groups in total. The number of carbonyl (C=O) groups is 1. The lowest BCUT2D eigenvalue weighted by Gasteiger charge is -2.40. The second-order valence-electron chi connectivity index (χ2n) is 4.56. The van der Waals surface area contributed by atoms with Gasteiger partial charge in [0.2, 0.25) is 0 Å². The highest BCUT2D eigenvalue weighted by Crippen LogP contribution is 2.24. The molecule has 0 aromatic heterocycles. The molecule has 0 aliphatic carbocycles. The molecular weight excluding hydrogens is 194 g/mol. The SMILES string of the molecule is CN(C)C(=O)N1CCOC2(CCNC2)C1. The Hall–Kier alpha value is -0.810. The first-order chi connectivity index (χ1) is 7.13. The topological polar surface area (TPSA) is 44.8 Å². The van der Waals surface area contributed by atoms with E-state index in [9.17, 15) is 4.79 Å². The summed E-state index contributed by atoms with van der Waals surface area (Å²) in [6.07, 6.45) is 1.00. The molecule has 2 aliphatic heterocycles. The molecule has 5 nitrogen and oxygen atoms in total. The molecule has 0 aromatic carbocycles. The minimum Gasteiger partial charge on any atom is -0.370 e. The molecule has 2 rings (SSSR count). The lowest BCUT2D eigenvalue weighted by Crippen LogP contribution is -2.56. The maximum absolute atomic E-state index is 11.8. The molecule has 5 heteroatoms. The fourth-order valence-electron chi connectivity index (χ4n) is 2.27. The Morgan fingerprint density at radius 1 is 1.53 bits per heavy atom. The zero-order valence-corrected chi connectivity index (χ0v) is 9.45. The average molecular weight is 213 g/mol. The molecule has 1 spiro atoms. The molecular formula is C10H19N3O2. The van der Waals surface area contributed by atoms with Crippen LogP contribution in [0.25, 0.3) is 0 Å². The molecule has 0 saturated carbocycles. The highest BCUT2D eigenvalue weighted by Gasteiger charge is 2.40. The number of hydrogen-bond donors (Lipinski definition) is 1. The molecule has 2 saturated heterocycles. The van der Waals surface area contributed by atoms with Crippen LogP contribution in [0.1, 0.15) is 6.42 Å². The highest BCUT2D eigenvalue weighted by molar-refractivity contribution is 5.74. The predicted octanol–water partition coefficient (Wildman–Crippen LogP) is -0.268. The number of carbonyl (C=O) groups excluding carboxylic acids is 1. The van der Waals surface area contributed by atoms with Crippen LogP contribution in [0.4, 0.5) is 4.79 Å². The molecule has 2 heterocycles. The van der Waals surface area contributed by atoms with Gasteiger partial charge in [-0.25, -0.2) is 4.79 Å². The number of ether oxygens (including phenoxy) is 1. The third-order valence-corrected chi connectivity index (χ3v) is 3.11. The number of amides is 2. The van der Waals surface area contributed by atoms with Crippen molar-refractivity contribution in [1.29, 1.82) is 0 Å². The van der Waals surface area contributed by atoms with Crippen LogP contribution in [0.3, 0.4) is 0 Å². The molecule has 86 valence electrons. The van der Waals surface area contributed by atoms with Gasteiger partial charge in [0.05, 0.1) is 18.8 Å². The molecule has 2 fully saturated rings. The van der Waals surface area contributed by atoms with Crippen molar-refractivity contribution in [2.75, 3.05) is 46.9 Å². The summed E-state index contributed by atoms with van der Waals surface area (Å²) in [4.78, 5) is 15.3. The lowest BCUT2D eigenvalue weighted by atomic mass is 10.0. The Morgan fingerprint density at radius 2 is 2.33 bits per heavy atom. The van der Waals surface area contributed by atoms with Crippen LogP contribution in [0, 0.1) is 0 Å². The Balaban J connectivity index is 2.00. The fourth-order valence-corrected chi connectivity index (χ4v) is 2.27. The van der Waals surface area contributed by atoms with E-state index in [0.29, 0.717) is 13.2 Å². The first-order valence-electron chi connectivity index (χ1n) is 5.44. The summed E-state index contributed by atoms with van der Waals surface area (Å²) in [5.41, 5.74) is -0.121. The van der Waals surface area contributed by atoms with Crippen LogP contribution in [-0.4, -0.2) is 68.3 Å². The van der Waals surface area contributed by atoms with Gasteiger partial charge in [-0.1, -0.05) is 0 Å². The van der Waals surface area contributed by atoms with Crippen LogP contribution >= 0.6 is 0 Å². The second-order valence-corrected chi connectivity index (χ2v) is 4.56. The number of hydrogen-bond acceptors (Lipinski definition) is 3. The first kappa shape index (κ1) is 10.7. The monoisotopic (exact) mass is 213 g/mol. The third-order valence-electron chi connectivity index (χ3n) is 3.11. The van der Waals surface area contributed by atoms with E-state index < -0.39 is 0 Å². The van der Waals surface area contributed by atoms with Gasteiger partial charge in [-0.2, -0.15) is 0 Å². The van der Waals surface area contributed by atoms with Crippen molar-refractivity contribution < 1.29 is 9.53 Å². The van der Waals surface area contributed by atoms with E-state index >= 15 is 0 Å². The summed E-state index contributed by atoms with van der Waals surface area (Å²) in [7, 11) is 3.58. The maximum atomic E-state index is 11.8. The maximum Gasteiger partial charge on any atom is 0.319 e. The van der Waals surface area contributed by atoms with E-state index in [4.69, 9.17) is 4.74 Å². The van der Waals surface area contributed by atoms with Gasteiger partial charge in [0.25, 0.3) is 0 Å². The normalized spacial score (nSPS) is 30.9. The molecule has 2 amide bonds. The predicted molar refractivity (Wildman–Crippen MR) is 56.8 cm³/mol. The quantitative estimate of drug-likeness (QED) is 0.602. The minimum absolute atomic E-state index is 0.0876. The zero-order chi connectivity index (χ0) is 10.9. The smallest absolute Gasteiger partial charge is 0.319 e. The van der Waals surface area contributed by atoms with Gasteiger partial charge in [-0.3, -0.25) is 0 Å². The van der Waals surface area contributed by atoms with Crippen molar-refractivity contribution >= 4 is 6.03 Å². The van der Waals surface area contributed by atoms with Crippen molar-refractivity contribution in [3.63, 3.8) is 0 Å². The molecule has 0 bridgehead atoms. The Labute approximate surface area is 90.4 Å². The van der Waals surface area contributed by atoms with Crippen LogP contribution in [0.5, 0.6) is 0 Å². The molecule has 2 aliphatic rings. The summed E-state index contributed by atoms with van der Waals surface area (Å²) in [6, 6.07) is 0.0876. The lowest BCUT2D eigenvalue weighted by molar-refractivity contribution is -0.0860. The van der Waals surface area contributed by atoms with E-state index in [0.717, 1.165) is 26.1 Å². The summed E-state index contributed by atoms with van der Waals surface area (Å²) in [6.45, 7) is 3.94. The van der Waals surface area contributed by atoms with E-state index in [1.165, 1.54) is 0 Å². The van der Waals surface area contributed by atoms with E-state index in [1.807, 2.05) is 4.90 Å². The standard InChI is InChI=1S/C10H19N3O2/c1-12(2)9(14)13-5-6-15-10(8-13)3-4-11-7-10/h11H,3-8H2,1-2H3. The summed E-state index contributed by atoms with van der Waals surface area (Å²) in [5, 5.41) is 3.29. The van der Waals surface area contributed by atoms with Gasteiger partial charge in [0.15, 0.2) is 0 Å². The second kappa shape index (κ2) is 3.98. The molecule has 0 aromatic rings. The van der Waals surface area contributed by atoms with Crippen molar-refractivity contribution in [3.05, 3.63) is 0 Å². The molecule has 15 heavy (non-hydrogen) atoms.